The highest BCUT2D eigenvalue weighted by Gasteiger charge is 2.22. The molecular weight excluding hydrogens is 244 g/mol. The van der Waals surface area contributed by atoms with Crippen LogP contribution in [0.25, 0.3) is 0 Å². The van der Waals surface area contributed by atoms with E-state index in [1.165, 1.54) is 17.8 Å². The van der Waals surface area contributed by atoms with Gasteiger partial charge in [-0.1, -0.05) is 20.8 Å². The molecule has 0 radical (unpaired) electrons. The van der Waals surface area contributed by atoms with Gasteiger partial charge in [0.2, 0.25) is 0 Å². The average Bonchev–Trinajstić information content (AvgIpc) is 2.14. The van der Waals surface area contributed by atoms with Crippen molar-refractivity contribution in [2.75, 3.05) is 0 Å². The monoisotopic (exact) mass is 256 g/mol. The van der Waals surface area contributed by atoms with E-state index in [1.54, 1.807) is 0 Å². The Bertz CT molecular complexity index is 468. The Morgan fingerprint density at radius 2 is 2.12 bits per heavy atom. The molecule has 1 rings (SSSR count). The molecule has 0 atom stereocenters. The number of hydrogen-bond acceptors (Lipinski definition) is 5. The summed E-state index contributed by atoms with van der Waals surface area (Å²) in [6.45, 7) is 5.84. The minimum Gasteiger partial charge on any atom is -0.477 e. The molecule has 92 valence electrons. The van der Waals surface area contributed by atoms with Crippen molar-refractivity contribution in [1.29, 1.82) is 0 Å². The SMILES string of the molecule is CC(C)(C)Sc1cc(C(=O)O)c([N+](=O)[O-])cn1. The number of carboxylic acid groups (broad SMARTS) is 1. The number of nitro groups is 1. The third-order valence-electron chi connectivity index (χ3n) is 1.70. The van der Waals surface area contributed by atoms with E-state index in [2.05, 4.69) is 4.98 Å². The van der Waals surface area contributed by atoms with Gasteiger partial charge in [-0.2, -0.15) is 0 Å². The Morgan fingerprint density at radius 1 is 1.53 bits per heavy atom. The van der Waals surface area contributed by atoms with E-state index in [-0.39, 0.29) is 10.3 Å². The van der Waals surface area contributed by atoms with Crippen LogP contribution in [0, 0.1) is 10.1 Å². The van der Waals surface area contributed by atoms with Crippen LogP contribution in [0.2, 0.25) is 0 Å². The lowest BCUT2D eigenvalue weighted by atomic mass is 10.2. The highest BCUT2D eigenvalue weighted by Crippen LogP contribution is 2.32. The van der Waals surface area contributed by atoms with Gasteiger partial charge in [-0.25, -0.2) is 9.78 Å². The Balaban J connectivity index is 3.19. The van der Waals surface area contributed by atoms with Crippen LogP contribution in [0.1, 0.15) is 31.1 Å². The predicted octanol–water partition coefficient (Wildman–Crippen LogP) is 2.58. The maximum absolute atomic E-state index is 10.9. The zero-order valence-electron chi connectivity index (χ0n) is 9.63. The number of aromatic nitrogens is 1. The standard InChI is InChI=1S/C10H12N2O4S/c1-10(2,3)17-8-4-6(9(13)14)7(5-11-8)12(15)16/h4-5H,1-3H3,(H,13,14). The Morgan fingerprint density at radius 3 is 2.53 bits per heavy atom. The van der Waals surface area contributed by atoms with Gasteiger partial charge < -0.3 is 5.11 Å². The van der Waals surface area contributed by atoms with Gasteiger partial charge in [0, 0.05) is 4.75 Å². The van der Waals surface area contributed by atoms with E-state index >= 15 is 0 Å². The lowest BCUT2D eigenvalue weighted by Gasteiger charge is -2.16. The molecule has 1 aromatic rings. The first-order valence-corrected chi connectivity index (χ1v) is 5.59. The van der Waals surface area contributed by atoms with Gasteiger partial charge in [0.15, 0.2) is 0 Å². The van der Waals surface area contributed by atoms with Gasteiger partial charge in [0.1, 0.15) is 11.8 Å². The maximum Gasteiger partial charge on any atom is 0.342 e. The normalized spacial score (nSPS) is 11.2. The van der Waals surface area contributed by atoms with E-state index in [0.717, 1.165) is 6.20 Å². The molecule has 0 spiro atoms. The minimum atomic E-state index is -1.32. The number of nitrogens with zero attached hydrogens (tertiary/aromatic N) is 2. The first kappa shape index (κ1) is 13.4. The van der Waals surface area contributed by atoms with Crippen LogP contribution < -0.4 is 0 Å². The van der Waals surface area contributed by atoms with E-state index in [1.807, 2.05) is 20.8 Å². The molecule has 0 aliphatic heterocycles. The quantitative estimate of drug-likeness (QED) is 0.507. The molecule has 1 aromatic heterocycles. The van der Waals surface area contributed by atoms with E-state index in [0.29, 0.717) is 5.03 Å². The number of thioether (sulfide) groups is 1. The number of aromatic carboxylic acids is 1. The van der Waals surface area contributed by atoms with Crippen LogP contribution in [-0.2, 0) is 0 Å². The maximum atomic E-state index is 10.9. The summed E-state index contributed by atoms with van der Waals surface area (Å²) in [6, 6.07) is 1.23. The van der Waals surface area contributed by atoms with Gasteiger partial charge >= 0.3 is 11.7 Å². The summed E-state index contributed by atoms with van der Waals surface area (Å²) >= 11 is 1.36. The number of carbonyl (C=O) groups is 1. The van der Waals surface area contributed by atoms with Crippen molar-refractivity contribution in [3.63, 3.8) is 0 Å². The van der Waals surface area contributed by atoms with Crippen LogP contribution >= 0.6 is 11.8 Å². The molecule has 0 aliphatic carbocycles. The minimum absolute atomic E-state index is 0.140. The zero-order valence-corrected chi connectivity index (χ0v) is 10.4. The van der Waals surface area contributed by atoms with Crippen LogP contribution in [0.5, 0.6) is 0 Å². The molecule has 0 bridgehead atoms. The molecule has 0 aliphatic rings. The molecule has 0 amide bonds. The zero-order chi connectivity index (χ0) is 13.2. The summed E-state index contributed by atoms with van der Waals surface area (Å²) in [4.78, 5) is 24.7. The second kappa shape index (κ2) is 4.70. The highest BCUT2D eigenvalue weighted by atomic mass is 32.2. The molecule has 0 aromatic carbocycles. The third kappa shape index (κ3) is 3.70. The molecule has 0 unspecified atom stereocenters. The van der Waals surface area contributed by atoms with Gasteiger partial charge in [-0.05, 0) is 6.07 Å². The van der Waals surface area contributed by atoms with Gasteiger partial charge in [0.05, 0.1) is 9.95 Å². The smallest absolute Gasteiger partial charge is 0.342 e. The van der Waals surface area contributed by atoms with Gasteiger partial charge in [-0.3, -0.25) is 10.1 Å². The summed E-state index contributed by atoms with van der Waals surface area (Å²) in [5, 5.41) is 20.0. The van der Waals surface area contributed by atoms with Crippen molar-refractivity contribution in [2.45, 2.75) is 30.5 Å². The molecule has 1 N–H and O–H groups in total. The fourth-order valence-corrected chi connectivity index (χ4v) is 2.02. The second-order valence-electron chi connectivity index (χ2n) is 4.32. The van der Waals surface area contributed by atoms with Gasteiger partial charge in [0.25, 0.3) is 0 Å². The average molecular weight is 256 g/mol. The van der Waals surface area contributed by atoms with Crippen LogP contribution in [-0.4, -0.2) is 25.7 Å². The molecule has 0 saturated heterocycles. The first-order chi connectivity index (χ1) is 7.70. The fraction of sp³-hybridized carbons (Fsp3) is 0.400. The van der Waals surface area contributed by atoms with Crippen molar-refractivity contribution in [1.82, 2.24) is 4.98 Å². The molecule has 17 heavy (non-hydrogen) atoms. The summed E-state index contributed by atoms with van der Waals surface area (Å²) in [5.74, 6) is -1.32. The van der Waals surface area contributed by atoms with Crippen LogP contribution in [0.15, 0.2) is 17.3 Å². The molecule has 6 nitrogen and oxygen atoms in total. The number of carboxylic acids is 1. The van der Waals surface area contributed by atoms with Crippen molar-refractivity contribution >= 4 is 23.4 Å². The summed E-state index contributed by atoms with van der Waals surface area (Å²) in [7, 11) is 0. The number of rotatable bonds is 3. The first-order valence-electron chi connectivity index (χ1n) is 4.77. The van der Waals surface area contributed by atoms with Gasteiger partial charge in [-0.15, -0.1) is 11.8 Å². The lowest BCUT2D eigenvalue weighted by molar-refractivity contribution is -0.385. The predicted molar refractivity (Wildman–Crippen MR) is 63.5 cm³/mol. The third-order valence-corrected chi connectivity index (χ3v) is 2.74. The van der Waals surface area contributed by atoms with E-state index < -0.39 is 16.6 Å². The topological polar surface area (TPSA) is 93.3 Å². The van der Waals surface area contributed by atoms with Crippen molar-refractivity contribution in [3.8, 4) is 0 Å². The molecule has 1 heterocycles. The highest BCUT2D eigenvalue weighted by molar-refractivity contribution is 8.00. The second-order valence-corrected chi connectivity index (χ2v) is 6.16. The number of pyridine rings is 1. The largest absolute Gasteiger partial charge is 0.477 e. The van der Waals surface area contributed by atoms with Crippen molar-refractivity contribution in [2.24, 2.45) is 0 Å². The molecule has 0 fully saturated rings. The summed E-state index contributed by atoms with van der Waals surface area (Å²) in [5.41, 5.74) is -0.826. The summed E-state index contributed by atoms with van der Waals surface area (Å²) < 4.78 is -0.140. The number of hydrogen-bond donors (Lipinski definition) is 1. The molecule has 7 heteroatoms. The Kier molecular flexibility index (Phi) is 3.72. The summed E-state index contributed by atoms with van der Waals surface area (Å²) in [6.07, 6.45) is 0.984. The molecule has 0 saturated carbocycles. The van der Waals surface area contributed by atoms with E-state index in [4.69, 9.17) is 5.11 Å². The van der Waals surface area contributed by atoms with Crippen molar-refractivity contribution in [3.05, 3.63) is 27.9 Å². The van der Waals surface area contributed by atoms with Crippen LogP contribution in [0.3, 0.4) is 0 Å². The van der Waals surface area contributed by atoms with E-state index in [9.17, 15) is 14.9 Å². The Hall–Kier alpha value is -1.63. The van der Waals surface area contributed by atoms with Crippen molar-refractivity contribution < 1.29 is 14.8 Å². The Labute approximate surface area is 102 Å². The van der Waals surface area contributed by atoms with Crippen LogP contribution in [0.4, 0.5) is 5.69 Å². The lowest BCUT2D eigenvalue weighted by Crippen LogP contribution is -2.09. The fourth-order valence-electron chi connectivity index (χ4n) is 1.12. The molecular formula is C10H12N2O4S.